The highest BCUT2D eigenvalue weighted by atomic mass is 32.2. The number of aromatic nitrogens is 1. The Kier molecular flexibility index (Phi) is 5.03. The molecule has 3 rings (SSSR count). The molecule has 1 saturated heterocycles. The van der Waals surface area contributed by atoms with Crippen LogP contribution in [-0.2, 0) is 4.74 Å². The molecule has 0 amide bonds. The molecule has 1 N–H and O–H groups in total. The van der Waals surface area contributed by atoms with Crippen molar-refractivity contribution < 1.29 is 4.74 Å². The highest BCUT2D eigenvalue weighted by Gasteiger charge is 2.26. The van der Waals surface area contributed by atoms with Gasteiger partial charge in [-0.3, -0.25) is 5.32 Å². The molecule has 2 heterocycles. The van der Waals surface area contributed by atoms with Gasteiger partial charge in [-0.05, 0) is 24.6 Å². The molecule has 4 nitrogen and oxygen atoms in total. The van der Waals surface area contributed by atoms with Crippen LogP contribution in [0.1, 0.15) is 17.5 Å². The van der Waals surface area contributed by atoms with Crippen LogP contribution >= 0.6 is 23.1 Å². The summed E-state index contributed by atoms with van der Waals surface area (Å²) in [6.45, 7) is 2.92. The van der Waals surface area contributed by atoms with Crippen molar-refractivity contribution in [2.45, 2.75) is 23.6 Å². The van der Waals surface area contributed by atoms with Crippen molar-refractivity contribution in [3.63, 3.8) is 0 Å². The molecule has 0 saturated carbocycles. The van der Waals surface area contributed by atoms with Crippen LogP contribution in [0.25, 0.3) is 0 Å². The number of anilines is 1. The third kappa shape index (κ3) is 3.81. The second-order valence-electron chi connectivity index (χ2n) is 5.60. The van der Waals surface area contributed by atoms with Gasteiger partial charge in [0.25, 0.3) is 0 Å². The first-order chi connectivity index (χ1) is 10.6. The Morgan fingerprint density at radius 3 is 2.77 bits per heavy atom. The van der Waals surface area contributed by atoms with E-state index in [1.807, 2.05) is 21.0 Å². The summed E-state index contributed by atoms with van der Waals surface area (Å²) >= 11 is 3.48. The van der Waals surface area contributed by atoms with Gasteiger partial charge in [-0.1, -0.05) is 23.9 Å². The van der Waals surface area contributed by atoms with Crippen molar-refractivity contribution >= 4 is 28.8 Å². The van der Waals surface area contributed by atoms with E-state index in [-0.39, 0.29) is 12.3 Å². The van der Waals surface area contributed by atoms with Gasteiger partial charge in [-0.15, -0.1) is 11.3 Å². The molecule has 1 aliphatic heterocycles. The van der Waals surface area contributed by atoms with Crippen LogP contribution in [0.4, 0.5) is 5.69 Å². The van der Waals surface area contributed by atoms with Crippen LogP contribution in [0.2, 0.25) is 0 Å². The summed E-state index contributed by atoms with van der Waals surface area (Å²) in [5.74, 6) is 0.937. The molecule has 0 spiro atoms. The third-order valence-corrected chi connectivity index (χ3v) is 5.83. The predicted molar refractivity (Wildman–Crippen MR) is 94.0 cm³/mol. The fourth-order valence-corrected chi connectivity index (χ4v) is 4.21. The van der Waals surface area contributed by atoms with E-state index < -0.39 is 0 Å². The minimum Gasteiger partial charge on any atom is -0.378 e. The van der Waals surface area contributed by atoms with Crippen molar-refractivity contribution in [1.29, 1.82) is 0 Å². The van der Waals surface area contributed by atoms with Crippen molar-refractivity contribution in [3.05, 3.63) is 40.9 Å². The largest absolute Gasteiger partial charge is 0.378 e. The van der Waals surface area contributed by atoms with E-state index in [2.05, 4.69) is 44.8 Å². The molecule has 1 aromatic carbocycles. The molecule has 0 radical (unpaired) electrons. The van der Waals surface area contributed by atoms with Crippen molar-refractivity contribution in [2.75, 3.05) is 31.3 Å². The van der Waals surface area contributed by atoms with E-state index in [0.717, 1.165) is 22.3 Å². The summed E-state index contributed by atoms with van der Waals surface area (Å²) in [5.41, 5.74) is 3.48. The summed E-state index contributed by atoms with van der Waals surface area (Å²) in [6.07, 6.45) is 0.229. The van der Waals surface area contributed by atoms with Gasteiger partial charge < -0.3 is 9.64 Å². The van der Waals surface area contributed by atoms with E-state index in [1.165, 1.54) is 11.3 Å². The number of thioether (sulfide) groups is 1. The maximum Gasteiger partial charge on any atom is 0.150 e. The second kappa shape index (κ2) is 7.00. The average Bonchev–Trinajstić information content (AvgIpc) is 3.14. The minimum absolute atomic E-state index is 0.000145. The number of nitrogens with zero attached hydrogens (tertiary/aromatic N) is 2. The number of rotatable bonds is 5. The molecule has 1 fully saturated rings. The molecule has 2 aromatic rings. The number of hydrogen-bond acceptors (Lipinski definition) is 6. The summed E-state index contributed by atoms with van der Waals surface area (Å²) in [4.78, 5) is 6.58. The van der Waals surface area contributed by atoms with Gasteiger partial charge in [-0.2, -0.15) is 0 Å². The first kappa shape index (κ1) is 15.8. The van der Waals surface area contributed by atoms with Crippen molar-refractivity contribution in [1.82, 2.24) is 10.3 Å². The minimum atomic E-state index is -0.000145. The quantitative estimate of drug-likeness (QED) is 0.849. The zero-order chi connectivity index (χ0) is 15.5. The van der Waals surface area contributed by atoms with Crippen molar-refractivity contribution in [3.8, 4) is 0 Å². The molecule has 0 aliphatic carbocycles. The summed E-state index contributed by atoms with van der Waals surface area (Å²) in [6, 6.07) is 8.51. The monoisotopic (exact) mass is 335 g/mol. The normalized spacial score (nSPS) is 21.2. The summed E-state index contributed by atoms with van der Waals surface area (Å²) in [7, 11) is 4.10. The van der Waals surface area contributed by atoms with E-state index >= 15 is 0 Å². The Balaban J connectivity index is 1.53. The van der Waals surface area contributed by atoms with Crippen LogP contribution < -0.4 is 10.2 Å². The van der Waals surface area contributed by atoms with Crippen LogP contribution in [0.3, 0.4) is 0 Å². The maximum absolute atomic E-state index is 6.11. The van der Waals surface area contributed by atoms with Crippen LogP contribution in [0.5, 0.6) is 0 Å². The van der Waals surface area contributed by atoms with Gasteiger partial charge in [0.05, 0.1) is 6.10 Å². The number of benzene rings is 1. The molecule has 0 unspecified atom stereocenters. The first-order valence-corrected chi connectivity index (χ1v) is 9.19. The van der Waals surface area contributed by atoms with Crippen molar-refractivity contribution in [2.24, 2.45) is 0 Å². The number of thiazole rings is 1. The highest BCUT2D eigenvalue weighted by molar-refractivity contribution is 8.01. The van der Waals surface area contributed by atoms with E-state index in [0.29, 0.717) is 0 Å². The summed E-state index contributed by atoms with van der Waals surface area (Å²) in [5, 5.41) is 5.54. The Bertz CT molecular complexity index is 612. The first-order valence-electron chi connectivity index (χ1n) is 7.33. The molecule has 1 aromatic heterocycles. The lowest BCUT2D eigenvalue weighted by Gasteiger charge is -2.16. The Hall–Kier alpha value is -1.08. The molecule has 2 atom stereocenters. The smallest absolute Gasteiger partial charge is 0.150 e. The number of aryl methyl sites for hydroxylation is 1. The van der Waals surface area contributed by atoms with E-state index in [4.69, 9.17) is 4.74 Å². The third-order valence-electron chi connectivity index (χ3n) is 3.56. The number of hydrogen-bond donors (Lipinski definition) is 1. The van der Waals surface area contributed by atoms with Gasteiger partial charge >= 0.3 is 0 Å². The molecular weight excluding hydrogens is 314 g/mol. The number of ether oxygens (including phenoxy) is 1. The second-order valence-corrected chi connectivity index (χ2v) is 7.72. The topological polar surface area (TPSA) is 37.4 Å². The van der Waals surface area contributed by atoms with Gasteiger partial charge in [0, 0.05) is 43.2 Å². The van der Waals surface area contributed by atoms with Crippen LogP contribution in [-0.4, -0.2) is 37.5 Å². The molecule has 22 heavy (non-hydrogen) atoms. The lowest BCUT2D eigenvalue weighted by Crippen LogP contribution is -2.16. The van der Waals surface area contributed by atoms with Gasteiger partial charge in [0.1, 0.15) is 10.6 Å². The molecule has 0 bridgehead atoms. The lowest BCUT2D eigenvalue weighted by atomic mass is 10.2. The lowest BCUT2D eigenvalue weighted by molar-refractivity contribution is 0.0535. The maximum atomic E-state index is 6.11. The zero-order valence-corrected chi connectivity index (χ0v) is 14.7. The SMILES string of the molecule is Cc1csc(SC[C@@H]2CN[C@H](c3ccc(N(C)C)cc3)O2)n1. The van der Waals surface area contributed by atoms with Gasteiger partial charge in [-0.25, -0.2) is 4.98 Å². The zero-order valence-electron chi connectivity index (χ0n) is 13.1. The fourth-order valence-electron chi connectivity index (χ4n) is 2.33. The summed E-state index contributed by atoms with van der Waals surface area (Å²) < 4.78 is 7.23. The standard InChI is InChI=1S/C16H21N3OS2/c1-11-9-21-16(18-11)22-10-14-8-17-15(20-14)12-4-6-13(7-5-12)19(2)3/h4-7,9,14-15,17H,8,10H2,1-3H3/t14-,15-/m0/s1. The van der Waals surface area contributed by atoms with Crippen LogP contribution in [0, 0.1) is 6.92 Å². The highest BCUT2D eigenvalue weighted by Crippen LogP contribution is 2.28. The van der Waals surface area contributed by atoms with Gasteiger partial charge in [0.15, 0.2) is 0 Å². The van der Waals surface area contributed by atoms with E-state index in [9.17, 15) is 0 Å². The van der Waals surface area contributed by atoms with Crippen LogP contribution in [0.15, 0.2) is 34.0 Å². The van der Waals surface area contributed by atoms with E-state index in [1.54, 1.807) is 23.1 Å². The molecule has 118 valence electrons. The average molecular weight is 335 g/mol. The Morgan fingerprint density at radius 1 is 1.36 bits per heavy atom. The molecule has 6 heteroatoms. The van der Waals surface area contributed by atoms with Gasteiger partial charge in [0.2, 0.25) is 0 Å². The fraction of sp³-hybridized carbons (Fsp3) is 0.438. The Labute approximate surface area is 139 Å². The Morgan fingerprint density at radius 2 is 2.14 bits per heavy atom. The molecule has 1 aliphatic rings. The predicted octanol–water partition coefficient (Wildman–Crippen LogP) is 3.30. The molecular formula is C16H21N3OS2. The number of nitrogens with one attached hydrogen (secondary N) is 1.